The molecule has 0 radical (unpaired) electrons. The number of ether oxygens (including phenoxy) is 1. The van der Waals surface area contributed by atoms with Crippen LogP contribution in [0.5, 0.6) is 5.75 Å². The molecule has 0 aliphatic rings. The Labute approximate surface area is 230 Å². The SMILES string of the molecule is CCCS(=O)(=O)N(C)c1cccc(C(=O)NC(Cc2ccccc2)C(O)CNCc2ccccc2OCO)c1. The van der Waals surface area contributed by atoms with Gasteiger partial charge in [-0.3, -0.25) is 9.10 Å². The molecule has 2 atom stereocenters. The molecular formula is C29H37N3O6S. The van der Waals surface area contributed by atoms with Gasteiger partial charge in [0.2, 0.25) is 10.0 Å². The molecule has 0 bridgehead atoms. The molecule has 2 unspecified atom stereocenters. The van der Waals surface area contributed by atoms with Crippen LogP contribution in [0.1, 0.15) is 34.8 Å². The maximum absolute atomic E-state index is 13.3. The molecule has 0 spiro atoms. The Balaban J connectivity index is 1.73. The fraction of sp³-hybridized carbons (Fsp3) is 0.345. The van der Waals surface area contributed by atoms with Crippen LogP contribution in [-0.4, -0.2) is 62.8 Å². The molecule has 0 saturated heterocycles. The van der Waals surface area contributed by atoms with Gasteiger partial charge in [-0.1, -0.05) is 61.5 Å². The monoisotopic (exact) mass is 555 g/mol. The number of aliphatic hydroxyl groups is 2. The molecule has 210 valence electrons. The maximum Gasteiger partial charge on any atom is 0.251 e. The van der Waals surface area contributed by atoms with Gasteiger partial charge in [0.15, 0.2) is 6.79 Å². The van der Waals surface area contributed by atoms with Gasteiger partial charge in [0.1, 0.15) is 5.75 Å². The molecule has 1 amide bonds. The van der Waals surface area contributed by atoms with Crippen LogP contribution in [0.2, 0.25) is 0 Å². The van der Waals surface area contributed by atoms with Crippen molar-refractivity contribution in [1.82, 2.24) is 10.6 Å². The third kappa shape index (κ3) is 8.79. The number of para-hydroxylation sites is 1. The van der Waals surface area contributed by atoms with Crippen molar-refractivity contribution in [2.45, 2.75) is 38.5 Å². The first-order valence-electron chi connectivity index (χ1n) is 12.9. The summed E-state index contributed by atoms with van der Waals surface area (Å²) in [5.41, 5.74) is 2.45. The van der Waals surface area contributed by atoms with Crippen molar-refractivity contribution in [3.63, 3.8) is 0 Å². The summed E-state index contributed by atoms with van der Waals surface area (Å²) in [6.45, 7) is 1.93. The molecule has 3 aromatic rings. The number of hydrogen-bond acceptors (Lipinski definition) is 7. The summed E-state index contributed by atoms with van der Waals surface area (Å²) in [4.78, 5) is 13.3. The van der Waals surface area contributed by atoms with Crippen molar-refractivity contribution in [2.24, 2.45) is 0 Å². The molecule has 0 heterocycles. The first-order valence-corrected chi connectivity index (χ1v) is 14.5. The summed E-state index contributed by atoms with van der Waals surface area (Å²) in [5, 5.41) is 26.3. The number of rotatable bonds is 15. The molecule has 3 rings (SSSR count). The zero-order valence-electron chi connectivity index (χ0n) is 22.3. The zero-order chi connectivity index (χ0) is 28.3. The van der Waals surface area contributed by atoms with Crippen LogP contribution in [0.25, 0.3) is 0 Å². The van der Waals surface area contributed by atoms with Gasteiger partial charge in [-0.05, 0) is 42.7 Å². The summed E-state index contributed by atoms with van der Waals surface area (Å²) in [6, 6.07) is 22.6. The lowest BCUT2D eigenvalue weighted by Gasteiger charge is -2.25. The van der Waals surface area contributed by atoms with E-state index in [4.69, 9.17) is 9.84 Å². The van der Waals surface area contributed by atoms with E-state index in [9.17, 15) is 18.3 Å². The fourth-order valence-electron chi connectivity index (χ4n) is 4.16. The summed E-state index contributed by atoms with van der Waals surface area (Å²) >= 11 is 0. The number of hydrogen-bond donors (Lipinski definition) is 4. The number of nitrogens with zero attached hydrogens (tertiary/aromatic N) is 1. The van der Waals surface area contributed by atoms with E-state index < -0.39 is 34.9 Å². The lowest BCUT2D eigenvalue weighted by Crippen LogP contribution is -2.48. The van der Waals surface area contributed by atoms with E-state index in [2.05, 4.69) is 10.6 Å². The van der Waals surface area contributed by atoms with E-state index in [0.717, 1.165) is 11.1 Å². The van der Waals surface area contributed by atoms with Crippen molar-refractivity contribution < 1.29 is 28.2 Å². The standard InChI is InChI=1S/C29H37N3O6S/c1-3-16-39(36,37)32(2)25-14-9-13-23(18-25)29(35)31-26(17-22-10-5-4-6-11-22)27(34)20-30-19-24-12-7-8-15-28(24)38-21-33/h4-15,18,26-27,30,33-34H,3,16-17,19-21H2,1-2H3,(H,31,35). The predicted molar refractivity (Wildman–Crippen MR) is 152 cm³/mol. The number of anilines is 1. The van der Waals surface area contributed by atoms with E-state index in [0.29, 0.717) is 36.4 Å². The highest BCUT2D eigenvalue weighted by Gasteiger charge is 2.24. The van der Waals surface area contributed by atoms with E-state index in [-0.39, 0.29) is 12.3 Å². The third-order valence-electron chi connectivity index (χ3n) is 6.29. The average Bonchev–Trinajstić information content (AvgIpc) is 2.94. The van der Waals surface area contributed by atoms with Gasteiger partial charge < -0.3 is 25.6 Å². The normalized spacial score (nSPS) is 12.9. The predicted octanol–water partition coefficient (Wildman–Crippen LogP) is 2.68. The number of sulfonamides is 1. The Morgan fingerprint density at radius 2 is 1.74 bits per heavy atom. The zero-order valence-corrected chi connectivity index (χ0v) is 23.1. The van der Waals surface area contributed by atoms with Gasteiger partial charge in [0, 0.05) is 31.3 Å². The largest absolute Gasteiger partial charge is 0.467 e. The van der Waals surface area contributed by atoms with Gasteiger partial charge in [-0.2, -0.15) is 0 Å². The second-order valence-corrected chi connectivity index (χ2v) is 11.3. The number of carbonyl (C=O) groups is 1. The Kier molecular flexibility index (Phi) is 11.3. The molecule has 3 aromatic carbocycles. The molecule has 0 fully saturated rings. The van der Waals surface area contributed by atoms with Crippen molar-refractivity contribution >= 4 is 21.6 Å². The molecule has 0 aliphatic heterocycles. The van der Waals surface area contributed by atoms with Crippen LogP contribution < -0.4 is 19.7 Å². The molecule has 0 aromatic heterocycles. The van der Waals surface area contributed by atoms with Crippen molar-refractivity contribution in [2.75, 3.05) is 30.4 Å². The molecule has 0 saturated carbocycles. The second-order valence-electron chi connectivity index (χ2n) is 9.18. The van der Waals surface area contributed by atoms with Gasteiger partial charge >= 0.3 is 0 Å². The third-order valence-corrected chi connectivity index (χ3v) is 8.26. The Morgan fingerprint density at radius 3 is 2.46 bits per heavy atom. The van der Waals surface area contributed by atoms with Gasteiger partial charge in [-0.15, -0.1) is 0 Å². The lowest BCUT2D eigenvalue weighted by molar-refractivity contribution is 0.0829. The molecule has 4 N–H and O–H groups in total. The summed E-state index contributed by atoms with van der Waals surface area (Å²) in [7, 11) is -2.02. The smallest absolute Gasteiger partial charge is 0.251 e. The fourth-order valence-corrected chi connectivity index (χ4v) is 5.38. The minimum Gasteiger partial charge on any atom is -0.467 e. The van der Waals surface area contributed by atoms with Crippen LogP contribution in [-0.2, 0) is 23.0 Å². The van der Waals surface area contributed by atoms with Crippen molar-refractivity contribution in [1.29, 1.82) is 0 Å². The maximum atomic E-state index is 13.3. The first kappa shape index (κ1) is 30.1. The number of benzene rings is 3. The minimum absolute atomic E-state index is 0.00880. The quantitative estimate of drug-likeness (QED) is 0.212. The number of amides is 1. The number of nitrogens with one attached hydrogen (secondary N) is 2. The Morgan fingerprint density at radius 1 is 1.03 bits per heavy atom. The molecule has 39 heavy (non-hydrogen) atoms. The second kappa shape index (κ2) is 14.6. The first-order chi connectivity index (χ1) is 18.7. The Bertz CT molecular complexity index is 1300. The molecule has 10 heteroatoms. The van der Waals surface area contributed by atoms with Crippen LogP contribution in [0.15, 0.2) is 78.9 Å². The average molecular weight is 556 g/mol. The number of aliphatic hydroxyl groups excluding tert-OH is 2. The highest BCUT2D eigenvalue weighted by atomic mass is 32.2. The minimum atomic E-state index is -3.49. The van der Waals surface area contributed by atoms with E-state index in [1.54, 1.807) is 37.3 Å². The van der Waals surface area contributed by atoms with Gasteiger partial charge in [-0.25, -0.2) is 8.42 Å². The number of carbonyl (C=O) groups excluding carboxylic acids is 1. The lowest BCUT2D eigenvalue weighted by atomic mass is 10.00. The van der Waals surface area contributed by atoms with E-state index in [1.165, 1.54) is 17.4 Å². The highest BCUT2D eigenvalue weighted by Crippen LogP contribution is 2.20. The summed E-state index contributed by atoms with van der Waals surface area (Å²) in [6.07, 6.45) is -0.0553. The van der Waals surface area contributed by atoms with Crippen LogP contribution in [0.3, 0.4) is 0 Å². The topological polar surface area (TPSA) is 128 Å². The summed E-state index contributed by atoms with van der Waals surface area (Å²) in [5.74, 6) is 0.135. The molecule has 9 nitrogen and oxygen atoms in total. The van der Waals surface area contributed by atoms with Crippen molar-refractivity contribution in [3.8, 4) is 5.75 Å². The molecular weight excluding hydrogens is 518 g/mol. The van der Waals surface area contributed by atoms with E-state index >= 15 is 0 Å². The van der Waals surface area contributed by atoms with Gasteiger partial charge in [0.25, 0.3) is 5.91 Å². The van der Waals surface area contributed by atoms with Gasteiger partial charge in [0.05, 0.1) is 23.6 Å². The van der Waals surface area contributed by atoms with Crippen LogP contribution in [0.4, 0.5) is 5.69 Å². The Hall–Kier alpha value is -3.44. The van der Waals surface area contributed by atoms with Crippen LogP contribution >= 0.6 is 0 Å². The van der Waals surface area contributed by atoms with Crippen LogP contribution in [0, 0.1) is 0 Å². The van der Waals surface area contributed by atoms with E-state index in [1.807, 2.05) is 42.5 Å². The van der Waals surface area contributed by atoms with Crippen molar-refractivity contribution in [3.05, 3.63) is 95.6 Å². The molecule has 0 aliphatic carbocycles. The highest BCUT2D eigenvalue weighted by molar-refractivity contribution is 7.92. The summed E-state index contributed by atoms with van der Waals surface area (Å²) < 4.78 is 31.4.